The molecule has 20 heavy (non-hydrogen) atoms. The van der Waals surface area contributed by atoms with Gasteiger partial charge in [-0.1, -0.05) is 54.6 Å². The van der Waals surface area contributed by atoms with Crippen LogP contribution >= 0.6 is 11.8 Å². The summed E-state index contributed by atoms with van der Waals surface area (Å²) in [6.45, 7) is 0. The normalized spacial score (nSPS) is 10.2. The van der Waals surface area contributed by atoms with E-state index in [2.05, 4.69) is 0 Å². The fourth-order valence-corrected chi connectivity index (χ4v) is 2.42. The van der Waals surface area contributed by atoms with E-state index in [1.807, 2.05) is 42.5 Å². The second-order valence-corrected chi connectivity index (χ2v) is 5.24. The van der Waals surface area contributed by atoms with Crippen LogP contribution in [0, 0.1) is 0 Å². The van der Waals surface area contributed by atoms with Crippen molar-refractivity contribution < 1.29 is 14.7 Å². The minimum absolute atomic E-state index is 0.0455. The molecule has 0 saturated carbocycles. The zero-order valence-electron chi connectivity index (χ0n) is 10.8. The van der Waals surface area contributed by atoms with E-state index in [9.17, 15) is 9.59 Å². The van der Waals surface area contributed by atoms with Crippen LogP contribution in [0.15, 0.2) is 54.6 Å². The lowest BCUT2D eigenvalue weighted by Gasteiger charge is -2.04. The van der Waals surface area contributed by atoms with Gasteiger partial charge >= 0.3 is 5.97 Å². The van der Waals surface area contributed by atoms with Crippen molar-refractivity contribution in [1.82, 2.24) is 0 Å². The maximum absolute atomic E-state index is 11.9. The molecule has 2 rings (SSSR count). The van der Waals surface area contributed by atoms with Gasteiger partial charge in [0, 0.05) is 5.56 Å². The first kappa shape index (κ1) is 14.3. The lowest BCUT2D eigenvalue weighted by Crippen LogP contribution is -2.06. The Balaban J connectivity index is 2.01. The molecule has 2 aromatic carbocycles. The van der Waals surface area contributed by atoms with Gasteiger partial charge in [0.1, 0.15) is 0 Å². The number of carbonyl (C=O) groups excluding carboxylic acids is 1. The number of aliphatic carboxylic acids is 1. The van der Waals surface area contributed by atoms with E-state index in [-0.39, 0.29) is 17.3 Å². The fraction of sp³-hybridized carbons (Fsp3) is 0.125. The van der Waals surface area contributed by atoms with Crippen LogP contribution < -0.4 is 0 Å². The van der Waals surface area contributed by atoms with Gasteiger partial charge in [0.25, 0.3) is 0 Å². The number of carbonyl (C=O) groups is 2. The van der Waals surface area contributed by atoms with Crippen molar-refractivity contribution >= 4 is 23.5 Å². The minimum Gasteiger partial charge on any atom is -0.481 e. The summed E-state index contributed by atoms with van der Waals surface area (Å²) in [7, 11) is 0. The van der Waals surface area contributed by atoms with Crippen LogP contribution in [0.3, 0.4) is 0 Å². The number of Topliss-reactive ketones (excluding diaryl/α,β-unsaturated/α-hetero) is 1. The highest BCUT2D eigenvalue weighted by Gasteiger charge is 2.07. The summed E-state index contributed by atoms with van der Waals surface area (Å²) in [5.41, 5.74) is 2.77. The molecule has 2 aromatic rings. The molecule has 0 spiro atoms. The van der Waals surface area contributed by atoms with Crippen LogP contribution in [0.4, 0.5) is 0 Å². The Morgan fingerprint density at radius 2 is 1.45 bits per heavy atom. The predicted molar refractivity (Wildman–Crippen MR) is 81.2 cm³/mol. The number of carboxylic acids is 1. The lowest BCUT2D eigenvalue weighted by molar-refractivity contribution is -0.133. The zero-order chi connectivity index (χ0) is 14.4. The Bertz CT molecular complexity index is 591. The highest BCUT2D eigenvalue weighted by atomic mass is 32.2. The van der Waals surface area contributed by atoms with Crippen molar-refractivity contribution in [3.8, 4) is 11.1 Å². The van der Waals surface area contributed by atoms with Crippen molar-refractivity contribution in [1.29, 1.82) is 0 Å². The smallest absolute Gasteiger partial charge is 0.313 e. The van der Waals surface area contributed by atoms with E-state index in [0.717, 1.165) is 22.9 Å². The summed E-state index contributed by atoms with van der Waals surface area (Å²) in [6.07, 6.45) is 0. The lowest BCUT2D eigenvalue weighted by atomic mass is 10.0. The van der Waals surface area contributed by atoms with Crippen molar-refractivity contribution in [2.75, 3.05) is 11.5 Å². The molecular weight excluding hydrogens is 272 g/mol. The maximum atomic E-state index is 11.9. The summed E-state index contributed by atoms with van der Waals surface area (Å²) < 4.78 is 0. The first-order valence-electron chi connectivity index (χ1n) is 6.15. The highest BCUT2D eigenvalue weighted by molar-refractivity contribution is 8.00. The van der Waals surface area contributed by atoms with Gasteiger partial charge in [-0.05, 0) is 11.1 Å². The molecule has 0 aliphatic heterocycles. The molecule has 4 heteroatoms. The van der Waals surface area contributed by atoms with Gasteiger partial charge in [-0.25, -0.2) is 0 Å². The van der Waals surface area contributed by atoms with Crippen LogP contribution in [-0.4, -0.2) is 28.4 Å². The summed E-state index contributed by atoms with van der Waals surface area (Å²) in [4.78, 5) is 22.2. The first-order chi connectivity index (χ1) is 9.66. The van der Waals surface area contributed by atoms with Gasteiger partial charge in [-0.3, -0.25) is 9.59 Å². The number of hydrogen-bond donors (Lipinski definition) is 1. The average molecular weight is 286 g/mol. The van der Waals surface area contributed by atoms with Gasteiger partial charge in [-0.2, -0.15) is 0 Å². The van der Waals surface area contributed by atoms with Crippen molar-refractivity contribution in [3.63, 3.8) is 0 Å². The average Bonchev–Trinajstić information content (AvgIpc) is 2.48. The van der Waals surface area contributed by atoms with Crippen LogP contribution in [0.2, 0.25) is 0 Å². The SMILES string of the molecule is O=C(O)CSCC(=O)c1ccc(-c2ccccc2)cc1. The fourth-order valence-electron chi connectivity index (χ4n) is 1.79. The van der Waals surface area contributed by atoms with Gasteiger partial charge in [0.05, 0.1) is 11.5 Å². The number of thioether (sulfide) groups is 1. The van der Waals surface area contributed by atoms with Crippen LogP contribution in [0.1, 0.15) is 10.4 Å². The van der Waals surface area contributed by atoms with Crippen LogP contribution in [0.25, 0.3) is 11.1 Å². The molecule has 0 atom stereocenters. The van der Waals surface area contributed by atoms with E-state index < -0.39 is 5.97 Å². The van der Waals surface area contributed by atoms with Crippen molar-refractivity contribution in [2.45, 2.75) is 0 Å². The Labute approximate surface area is 121 Å². The molecule has 0 amide bonds. The number of ketones is 1. The number of carboxylic acid groups (broad SMARTS) is 1. The molecule has 0 unspecified atom stereocenters. The third-order valence-corrected chi connectivity index (χ3v) is 3.69. The Morgan fingerprint density at radius 1 is 0.850 bits per heavy atom. The molecular formula is C16H14O3S. The third kappa shape index (κ3) is 3.96. The van der Waals surface area contributed by atoms with Gasteiger partial charge in [0.2, 0.25) is 0 Å². The summed E-state index contributed by atoms with van der Waals surface area (Å²) >= 11 is 1.12. The highest BCUT2D eigenvalue weighted by Crippen LogP contribution is 2.19. The molecule has 0 heterocycles. The van der Waals surface area contributed by atoms with Gasteiger partial charge in [0.15, 0.2) is 5.78 Å². The molecule has 0 saturated heterocycles. The van der Waals surface area contributed by atoms with Gasteiger partial charge in [-0.15, -0.1) is 11.8 Å². The molecule has 0 aromatic heterocycles. The van der Waals surface area contributed by atoms with Crippen LogP contribution in [-0.2, 0) is 4.79 Å². The first-order valence-corrected chi connectivity index (χ1v) is 7.30. The van der Waals surface area contributed by atoms with Crippen LogP contribution in [0.5, 0.6) is 0 Å². The molecule has 3 nitrogen and oxygen atoms in total. The molecule has 0 aliphatic carbocycles. The third-order valence-electron chi connectivity index (χ3n) is 2.77. The van der Waals surface area contributed by atoms with Crippen molar-refractivity contribution in [2.24, 2.45) is 0 Å². The number of rotatable bonds is 6. The molecule has 0 bridgehead atoms. The molecule has 0 aliphatic rings. The quantitative estimate of drug-likeness (QED) is 0.827. The standard InChI is InChI=1S/C16H14O3S/c17-15(10-20-11-16(18)19)14-8-6-13(7-9-14)12-4-2-1-3-5-12/h1-9H,10-11H2,(H,18,19). The summed E-state index contributed by atoms with van der Waals surface area (Å²) in [6, 6.07) is 17.3. The van der Waals surface area contributed by atoms with E-state index in [4.69, 9.17) is 5.11 Å². The number of hydrogen-bond acceptors (Lipinski definition) is 3. The maximum Gasteiger partial charge on any atom is 0.313 e. The summed E-state index contributed by atoms with van der Waals surface area (Å²) in [5, 5.41) is 8.53. The van der Waals surface area contributed by atoms with E-state index in [0.29, 0.717) is 5.56 Å². The Hall–Kier alpha value is -2.07. The molecule has 0 radical (unpaired) electrons. The Kier molecular flexibility index (Phi) is 4.96. The van der Waals surface area contributed by atoms with E-state index >= 15 is 0 Å². The second-order valence-electron chi connectivity index (χ2n) is 4.25. The predicted octanol–water partition coefficient (Wildman–Crippen LogP) is 3.35. The molecule has 0 fully saturated rings. The molecule has 1 N–H and O–H groups in total. The van der Waals surface area contributed by atoms with E-state index in [1.165, 1.54) is 0 Å². The largest absolute Gasteiger partial charge is 0.481 e. The monoisotopic (exact) mass is 286 g/mol. The second kappa shape index (κ2) is 6.91. The summed E-state index contributed by atoms with van der Waals surface area (Å²) in [5.74, 6) is -0.803. The van der Waals surface area contributed by atoms with Gasteiger partial charge < -0.3 is 5.11 Å². The minimum atomic E-state index is -0.901. The number of benzene rings is 2. The molecule has 102 valence electrons. The van der Waals surface area contributed by atoms with Crippen molar-refractivity contribution in [3.05, 3.63) is 60.2 Å². The zero-order valence-corrected chi connectivity index (χ0v) is 11.6. The van der Waals surface area contributed by atoms with E-state index in [1.54, 1.807) is 12.1 Å². The Morgan fingerprint density at radius 3 is 2.05 bits per heavy atom. The topological polar surface area (TPSA) is 54.4 Å².